The summed E-state index contributed by atoms with van der Waals surface area (Å²) in [6.07, 6.45) is 3.75. The molecule has 3 unspecified atom stereocenters. The van der Waals surface area contributed by atoms with Gasteiger partial charge in [0.15, 0.2) is 0 Å². The maximum Gasteiger partial charge on any atom is 0.0611 e. The molecule has 2 heterocycles. The van der Waals surface area contributed by atoms with E-state index < -0.39 is 0 Å². The second-order valence-electron chi connectivity index (χ2n) is 7.40. The Kier molecular flexibility index (Phi) is 5.46. The van der Waals surface area contributed by atoms with Crippen LogP contribution in [0.3, 0.4) is 0 Å². The van der Waals surface area contributed by atoms with Crippen molar-refractivity contribution < 1.29 is 5.11 Å². The van der Waals surface area contributed by atoms with Crippen molar-refractivity contribution in [3.63, 3.8) is 0 Å². The van der Waals surface area contributed by atoms with Gasteiger partial charge in [-0.3, -0.25) is 9.80 Å². The summed E-state index contributed by atoms with van der Waals surface area (Å²) in [5.41, 5.74) is -0.166. The highest BCUT2D eigenvalue weighted by atomic mass is 16.3. The molecule has 0 radical (unpaired) electrons. The van der Waals surface area contributed by atoms with Crippen LogP contribution in [0.4, 0.5) is 0 Å². The van der Waals surface area contributed by atoms with Crippen molar-refractivity contribution in [1.82, 2.24) is 15.1 Å². The van der Waals surface area contributed by atoms with Gasteiger partial charge in [-0.2, -0.15) is 0 Å². The van der Waals surface area contributed by atoms with Crippen LogP contribution in [-0.2, 0) is 0 Å². The zero-order chi connectivity index (χ0) is 14.8. The van der Waals surface area contributed by atoms with E-state index in [-0.39, 0.29) is 12.1 Å². The summed E-state index contributed by atoms with van der Waals surface area (Å²) < 4.78 is 0. The molecule has 0 aromatic rings. The molecule has 0 aromatic heterocycles. The van der Waals surface area contributed by atoms with Crippen LogP contribution >= 0.6 is 0 Å². The molecule has 2 N–H and O–H groups in total. The number of aliphatic hydroxyl groups is 1. The van der Waals surface area contributed by atoms with Gasteiger partial charge in [-0.05, 0) is 39.7 Å². The zero-order valence-electron chi connectivity index (χ0n) is 13.7. The lowest BCUT2D eigenvalue weighted by molar-refractivity contribution is 0.0523. The number of fused-ring (bicyclic) bond motifs is 1. The normalized spacial score (nSPS) is 29.4. The van der Waals surface area contributed by atoms with Crippen molar-refractivity contribution >= 4 is 0 Å². The molecule has 4 heteroatoms. The first-order valence-corrected chi connectivity index (χ1v) is 8.30. The van der Waals surface area contributed by atoms with Crippen molar-refractivity contribution in [1.29, 1.82) is 0 Å². The van der Waals surface area contributed by atoms with E-state index >= 15 is 0 Å². The van der Waals surface area contributed by atoms with Crippen LogP contribution in [0.1, 0.15) is 47.0 Å². The number of hydrogen-bond donors (Lipinski definition) is 2. The highest BCUT2D eigenvalue weighted by Gasteiger charge is 2.34. The Morgan fingerprint density at radius 3 is 2.65 bits per heavy atom. The second-order valence-corrected chi connectivity index (χ2v) is 7.40. The molecule has 4 nitrogen and oxygen atoms in total. The van der Waals surface area contributed by atoms with Gasteiger partial charge < -0.3 is 10.4 Å². The average Bonchev–Trinajstić information content (AvgIpc) is 2.84. The van der Waals surface area contributed by atoms with E-state index in [0.29, 0.717) is 12.1 Å². The summed E-state index contributed by atoms with van der Waals surface area (Å²) in [5, 5.41) is 13.3. The Balaban J connectivity index is 1.88. The third-order valence-corrected chi connectivity index (χ3v) is 4.97. The van der Waals surface area contributed by atoms with Crippen LogP contribution in [-0.4, -0.2) is 71.4 Å². The maximum atomic E-state index is 9.74. The predicted octanol–water partition coefficient (Wildman–Crippen LogP) is 1.29. The molecule has 20 heavy (non-hydrogen) atoms. The molecule has 0 saturated carbocycles. The minimum absolute atomic E-state index is 0.166. The molecule has 0 bridgehead atoms. The lowest BCUT2D eigenvalue weighted by atomic mass is 9.92. The first-order chi connectivity index (χ1) is 9.43. The lowest BCUT2D eigenvalue weighted by Crippen LogP contribution is -2.57. The topological polar surface area (TPSA) is 38.7 Å². The van der Waals surface area contributed by atoms with Gasteiger partial charge in [-0.25, -0.2) is 0 Å². The summed E-state index contributed by atoms with van der Waals surface area (Å²) in [7, 11) is 0. The first kappa shape index (κ1) is 16.2. The van der Waals surface area contributed by atoms with E-state index in [9.17, 15) is 5.11 Å². The molecule has 0 amide bonds. The van der Waals surface area contributed by atoms with Gasteiger partial charge >= 0.3 is 0 Å². The number of nitrogens with one attached hydrogen (secondary N) is 1. The van der Waals surface area contributed by atoms with Crippen LogP contribution < -0.4 is 5.32 Å². The van der Waals surface area contributed by atoms with Gasteiger partial charge in [-0.15, -0.1) is 0 Å². The fraction of sp³-hybridized carbons (Fsp3) is 1.00. The molecule has 2 rings (SSSR count). The van der Waals surface area contributed by atoms with Crippen LogP contribution in [0.15, 0.2) is 0 Å². The molecule has 118 valence electrons. The van der Waals surface area contributed by atoms with Gasteiger partial charge in [0.05, 0.1) is 6.61 Å². The summed E-state index contributed by atoms with van der Waals surface area (Å²) in [6.45, 7) is 13.9. The quantitative estimate of drug-likeness (QED) is 0.770. The predicted molar refractivity (Wildman–Crippen MR) is 84.0 cm³/mol. The monoisotopic (exact) mass is 283 g/mol. The molecule has 0 aliphatic carbocycles. The molecule has 0 aromatic carbocycles. The summed E-state index contributed by atoms with van der Waals surface area (Å²) in [5.74, 6) is 0. The fourth-order valence-corrected chi connectivity index (χ4v) is 4.06. The molecule has 3 atom stereocenters. The van der Waals surface area contributed by atoms with Crippen molar-refractivity contribution in [2.24, 2.45) is 0 Å². The van der Waals surface area contributed by atoms with E-state index in [1.807, 2.05) is 0 Å². The van der Waals surface area contributed by atoms with Gasteiger partial charge in [0.1, 0.15) is 0 Å². The Morgan fingerprint density at radius 1 is 1.25 bits per heavy atom. The second kappa shape index (κ2) is 6.73. The van der Waals surface area contributed by atoms with Crippen molar-refractivity contribution in [2.75, 3.05) is 32.8 Å². The van der Waals surface area contributed by atoms with Crippen molar-refractivity contribution in [3.05, 3.63) is 0 Å². The van der Waals surface area contributed by atoms with E-state index in [1.165, 1.54) is 39.0 Å². The van der Waals surface area contributed by atoms with Crippen LogP contribution in [0, 0.1) is 0 Å². The van der Waals surface area contributed by atoms with E-state index in [1.54, 1.807) is 0 Å². The van der Waals surface area contributed by atoms with Gasteiger partial charge in [-0.1, -0.05) is 13.8 Å². The Morgan fingerprint density at radius 2 is 2.00 bits per heavy atom. The van der Waals surface area contributed by atoms with Crippen LogP contribution in [0.5, 0.6) is 0 Å². The van der Waals surface area contributed by atoms with Crippen molar-refractivity contribution in [3.8, 4) is 0 Å². The lowest BCUT2D eigenvalue weighted by Gasteiger charge is -2.43. The van der Waals surface area contributed by atoms with Gasteiger partial charge in [0.2, 0.25) is 0 Å². The molecular weight excluding hydrogens is 250 g/mol. The zero-order valence-corrected chi connectivity index (χ0v) is 13.7. The Labute approximate surface area is 124 Å². The highest BCUT2D eigenvalue weighted by molar-refractivity contribution is 4.92. The average molecular weight is 283 g/mol. The summed E-state index contributed by atoms with van der Waals surface area (Å²) in [4.78, 5) is 5.28. The minimum Gasteiger partial charge on any atom is -0.394 e. The third kappa shape index (κ3) is 3.94. The van der Waals surface area contributed by atoms with Crippen LogP contribution in [0.25, 0.3) is 0 Å². The minimum atomic E-state index is -0.166. The molecule has 2 fully saturated rings. The highest BCUT2D eigenvalue weighted by Crippen LogP contribution is 2.25. The molecule has 2 aliphatic heterocycles. The van der Waals surface area contributed by atoms with Crippen LogP contribution in [0.2, 0.25) is 0 Å². The third-order valence-electron chi connectivity index (χ3n) is 4.97. The van der Waals surface area contributed by atoms with Crippen molar-refractivity contribution in [2.45, 2.75) is 70.6 Å². The maximum absolute atomic E-state index is 9.74. The molecule has 0 spiro atoms. The molecular formula is C16H33N3O. The largest absolute Gasteiger partial charge is 0.394 e. The number of piperazine rings is 1. The SMILES string of the molecule is CC(C)NC(C)(CO)CC(C)N1CCN2CCCC2C1. The smallest absolute Gasteiger partial charge is 0.0611 e. The number of rotatable bonds is 6. The van der Waals surface area contributed by atoms with Gasteiger partial charge in [0.25, 0.3) is 0 Å². The van der Waals surface area contributed by atoms with E-state index in [2.05, 4.69) is 42.8 Å². The Bertz CT molecular complexity index is 310. The summed E-state index contributed by atoms with van der Waals surface area (Å²) >= 11 is 0. The number of hydrogen-bond acceptors (Lipinski definition) is 4. The molecule has 2 saturated heterocycles. The fourth-order valence-electron chi connectivity index (χ4n) is 4.06. The summed E-state index contributed by atoms with van der Waals surface area (Å²) in [6, 6.07) is 1.72. The Hall–Kier alpha value is -0.160. The number of aliphatic hydroxyl groups excluding tert-OH is 1. The molecule has 2 aliphatic rings. The van der Waals surface area contributed by atoms with E-state index in [0.717, 1.165) is 12.5 Å². The standard InChI is InChI=1S/C16H33N3O/c1-13(2)17-16(4,12-20)10-14(3)19-9-8-18-7-5-6-15(18)11-19/h13-15,17,20H,5-12H2,1-4H3. The van der Waals surface area contributed by atoms with E-state index in [4.69, 9.17) is 0 Å². The first-order valence-electron chi connectivity index (χ1n) is 8.30. The van der Waals surface area contributed by atoms with Gasteiger partial charge in [0, 0.05) is 43.3 Å². The number of nitrogens with zero attached hydrogens (tertiary/aromatic N) is 2.